The summed E-state index contributed by atoms with van der Waals surface area (Å²) in [5.74, 6) is 0.542. The molecule has 0 aliphatic carbocycles. The predicted molar refractivity (Wildman–Crippen MR) is 102 cm³/mol. The van der Waals surface area contributed by atoms with Gasteiger partial charge < -0.3 is 15.8 Å². The minimum Gasteiger partial charge on any atom is -0.457 e. The van der Waals surface area contributed by atoms with Crippen molar-refractivity contribution in [3.63, 3.8) is 0 Å². The van der Waals surface area contributed by atoms with Crippen molar-refractivity contribution in [3.8, 4) is 11.5 Å². The summed E-state index contributed by atoms with van der Waals surface area (Å²) < 4.78 is 18.5. The minimum absolute atomic E-state index is 0.0322. The van der Waals surface area contributed by atoms with Gasteiger partial charge in [0.2, 0.25) is 5.91 Å². The summed E-state index contributed by atoms with van der Waals surface area (Å²) in [5, 5.41) is 4.77. The van der Waals surface area contributed by atoms with Crippen LogP contribution in [0.1, 0.15) is 5.56 Å². The molecule has 0 fully saturated rings. The summed E-state index contributed by atoms with van der Waals surface area (Å²) in [6.45, 7) is 0. The van der Waals surface area contributed by atoms with Gasteiger partial charge in [0, 0.05) is 18.0 Å². The van der Waals surface area contributed by atoms with Crippen LogP contribution in [0.15, 0.2) is 66.9 Å². The van der Waals surface area contributed by atoms with Gasteiger partial charge in [-0.15, -0.1) is 0 Å². The highest BCUT2D eigenvalue weighted by Gasteiger charge is 2.09. The van der Waals surface area contributed by atoms with Crippen LogP contribution in [0.2, 0.25) is 0 Å². The Labute approximate surface area is 160 Å². The van der Waals surface area contributed by atoms with Gasteiger partial charge in [0.1, 0.15) is 23.1 Å². The zero-order chi connectivity index (χ0) is 19.9. The Hall–Kier alpha value is -3.94. The Kier molecular flexibility index (Phi) is 5.81. The molecule has 0 saturated carbocycles. The number of amides is 3. The Morgan fingerprint density at radius 2 is 1.71 bits per heavy atom. The number of anilines is 2. The molecule has 8 heteroatoms. The fraction of sp³-hybridized carbons (Fsp3) is 0.0500. The van der Waals surface area contributed by atoms with Crippen LogP contribution in [0.3, 0.4) is 0 Å². The molecule has 28 heavy (non-hydrogen) atoms. The number of benzene rings is 2. The van der Waals surface area contributed by atoms with Crippen LogP contribution in [0, 0.1) is 5.82 Å². The van der Waals surface area contributed by atoms with Crippen LogP contribution in [-0.2, 0) is 11.2 Å². The first-order valence-corrected chi connectivity index (χ1v) is 8.33. The Bertz CT molecular complexity index is 976. The number of urea groups is 1. The lowest BCUT2D eigenvalue weighted by Gasteiger charge is -2.09. The third-order valence-corrected chi connectivity index (χ3v) is 3.63. The number of nitrogen functional groups attached to an aromatic ring is 1. The molecule has 1 aromatic heterocycles. The number of aromatic nitrogens is 1. The molecule has 0 aliphatic rings. The molecule has 3 amide bonds. The molecule has 0 radical (unpaired) electrons. The Balaban J connectivity index is 1.51. The van der Waals surface area contributed by atoms with Crippen molar-refractivity contribution in [2.24, 2.45) is 0 Å². The topological polar surface area (TPSA) is 106 Å². The summed E-state index contributed by atoms with van der Waals surface area (Å²) in [7, 11) is 0. The monoisotopic (exact) mass is 380 g/mol. The smallest absolute Gasteiger partial charge is 0.325 e. The number of halogens is 1. The minimum atomic E-state index is -0.664. The van der Waals surface area contributed by atoms with Gasteiger partial charge in [-0.2, -0.15) is 0 Å². The highest BCUT2D eigenvalue weighted by atomic mass is 19.1. The zero-order valence-electron chi connectivity index (χ0n) is 14.7. The van der Waals surface area contributed by atoms with Crippen LogP contribution in [0.25, 0.3) is 0 Å². The fourth-order valence-corrected chi connectivity index (χ4v) is 2.35. The highest BCUT2D eigenvalue weighted by molar-refractivity contribution is 6.01. The number of nitrogens with two attached hydrogens (primary N) is 1. The Morgan fingerprint density at radius 3 is 2.39 bits per heavy atom. The molecule has 0 saturated heterocycles. The number of carbonyl (C=O) groups excluding carboxylic acids is 2. The second kappa shape index (κ2) is 8.63. The molecule has 4 N–H and O–H groups in total. The number of ether oxygens (including phenoxy) is 1. The van der Waals surface area contributed by atoms with Crippen molar-refractivity contribution in [2.45, 2.75) is 6.42 Å². The average molecular weight is 380 g/mol. The van der Waals surface area contributed by atoms with Gasteiger partial charge in [-0.05, 0) is 48.0 Å². The zero-order valence-corrected chi connectivity index (χ0v) is 14.7. The highest BCUT2D eigenvalue weighted by Crippen LogP contribution is 2.23. The molecule has 7 nitrogen and oxygen atoms in total. The fourth-order valence-electron chi connectivity index (χ4n) is 2.35. The average Bonchev–Trinajstić information content (AvgIpc) is 2.65. The third kappa shape index (κ3) is 5.53. The number of hydrogen-bond acceptors (Lipinski definition) is 5. The number of pyridine rings is 1. The standard InChI is InChI=1S/C20H17FN4O3/c21-14-3-1-13(2-4-14)11-19(26)25-20(27)24-15-5-7-16(8-6-15)28-17-9-10-23-18(22)12-17/h1-10,12H,11H2,(H2,22,23)(H2,24,25,26,27). The number of carbonyl (C=O) groups is 2. The molecular formula is C20H17FN4O3. The van der Waals surface area contributed by atoms with Gasteiger partial charge in [0.25, 0.3) is 0 Å². The van der Waals surface area contributed by atoms with Crippen LogP contribution < -0.4 is 21.1 Å². The van der Waals surface area contributed by atoms with E-state index < -0.39 is 11.9 Å². The number of rotatable bonds is 5. The SMILES string of the molecule is Nc1cc(Oc2ccc(NC(=O)NC(=O)Cc3ccc(F)cc3)cc2)ccn1. The molecule has 0 atom stereocenters. The van der Waals surface area contributed by atoms with Crippen LogP contribution in [-0.4, -0.2) is 16.9 Å². The molecule has 2 aromatic carbocycles. The summed E-state index contributed by atoms with van der Waals surface area (Å²) in [5.41, 5.74) is 6.68. The normalized spacial score (nSPS) is 10.2. The molecule has 0 aliphatic heterocycles. The van der Waals surface area contributed by atoms with Crippen LogP contribution >= 0.6 is 0 Å². The number of imide groups is 1. The van der Waals surface area contributed by atoms with E-state index in [1.165, 1.54) is 30.5 Å². The van der Waals surface area contributed by atoms with Crippen molar-refractivity contribution in [1.82, 2.24) is 10.3 Å². The van der Waals surface area contributed by atoms with Gasteiger partial charge in [-0.3, -0.25) is 10.1 Å². The summed E-state index contributed by atoms with van der Waals surface area (Å²) in [6.07, 6.45) is 1.50. The lowest BCUT2D eigenvalue weighted by Crippen LogP contribution is -2.35. The predicted octanol–water partition coefficient (Wildman–Crippen LogP) is 3.49. The molecule has 3 aromatic rings. The number of nitrogens with zero attached hydrogens (tertiary/aromatic N) is 1. The van der Waals surface area contributed by atoms with Gasteiger partial charge in [0.05, 0.1) is 6.42 Å². The maximum Gasteiger partial charge on any atom is 0.325 e. The molecule has 0 spiro atoms. The van der Waals surface area contributed by atoms with Crippen LogP contribution in [0.4, 0.5) is 20.7 Å². The summed E-state index contributed by atoms with van der Waals surface area (Å²) in [6, 6.07) is 14.7. The number of nitrogens with one attached hydrogen (secondary N) is 2. The van der Waals surface area contributed by atoms with E-state index in [-0.39, 0.29) is 12.2 Å². The van der Waals surface area contributed by atoms with Crippen molar-refractivity contribution in [2.75, 3.05) is 11.1 Å². The first-order chi connectivity index (χ1) is 13.5. The molecule has 3 rings (SSSR count). The first-order valence-electron chi connectivity index (χ1n) is 8.33. The van der Waals surface area contributed by atoms with E-state index in [0.717, 1.165) is 0 Å². The maximum absolute atomic E-state index is 12.9. The van der Waals surface area contributed by atoms with Crippen molar-refractivity contribution < 1.29 is 18.7 Å². The van der Waals surface area contributed by atoms with Gasteiger partial charge >= 0.3 is 6.03 Å². The molecule has 0 unspecified atom stereocenters. The largest absolute Gasteiger partial charge is 0.457 e. The first kappa shape index (κ1) is 18.8. The van der Waals surface area contributed by atoms with E-state index in [1.54, 1.807) is 36.4 Å². The molecule has 142 valence electrons. The van der Waals surface area contributed by atoms with Crippen molar-refractivity contribution in [1.29, 1.82) is 0 Å². The van der Waals surface area contributed by atoms with Gasteiger partial charge in [0.15, 0.2) is 0 Å². The quantitative estimate of drug-likeness (QED) is 0.628. The molecule has 0 bridgehead atoms. The molecular weight excluding hydrogens is 363 g/mol. The summed E-state index contributed by atoms with van der Waals surface area (Å²) >= 11 is 0. The maximum atomic E-state index is 12.9. The van der Waals surface area contributed by atoms with E-state index in [9.17, 15) is 14.0 Å². The van der Waals surface area contributed by atoms with Gasteiger partial charge in [-0.1, -0.05) is 12.1 Å². The van der Waals surface area contributed by atoms with Crippen LogP contribution in [0.5, 0.6) is 11.5 Å². The number of hydrogen-bond donors (Lipinski definition) is 3. The lowest BCUT2D eigenvalue weighted by molar-refractivity contribution is -0.119. The van der Waals surface area contributed by atoms with E-state index in [1.807, 2.05) is 0 Å². The Morgan fingerprint density at radius 1 is 1.00 bits per heavy atom. The van der Waals surface area contributed by atoms with E-state index in [4.69, 9.17) is 10.5 Å². The van der Waals surface area contributed by atoms with E-state index in [0.29, 0.717) is 28.6 Å². The van der Waals surface area contributed by atoms with Gasteiger partial charge in [-0.25, -0.2) is 14.2 Å². The van der Waals surface area contributed by atoms with Crippen molar-refractivity contribution in [3.05, 3.63) is 78.2 Å². The molecule has 1 heterocycles. The third-order valence-electron chi connectivity index (χ3n) is 3.63. The lowest BCUT2D eigenvalue weighted by atomic mass is 10.1. The second-order valence-corrected chi connectivity index (χ2v) is 5.85. The second-order valence-electron chi connectivity index (χ2n) is 5.85. The summed E-state index contributed by atoms with van der Waals surface area (Å²) in [4.78, 5) is 27.7. The van der Waals surface area contributed by atoms with E-state index >= 15 is 0 Å². The van der Waals surface area contributed by atoms with E-state index in [2.05, 4.69) is 15.6 Å². The van der Waals surface area contributed by atoms with Crippen molar-refractivity contribution >= 4 is 23.4 Å².